The number of aromatic nitrogens is 7. The number of tetrazole rings is 1. The number of nitrogens with zero attached hydrogens (tertiary/aromatic N) is 6. The minimum atomic E-state index is -0.241. The summed E-state index contributed by atoms with van der Waals surface area (Å²) in [5.74, 6) is -0.241. The highest BCUT2D eigenvalue weighted by Gasteiger charge is 2.15. The molecular weight excluding hydrogens is 304 g/mol. The van der Waals surface area contributed by atoms with Gasteiger partial charge >= 0.3 is 0 Å². The van der Waals surface area contributed by atoms with Crippen molar-refractivity contribution in [1.82, 2.24) is 35.6 Å². The van der Waals surface area contributed by atoms with Crippen LogP contribution in [0.25, 0.3) is 16.0 Å². The van der Waals surface area contributed by atoms with E-state index in [1.165, 1.54) is 22.3 Å². The van der Waals surface area contributed by atoms with Crippen LogP contribution < -0.4 is 5.32 Å². The lowest BCUT2D eigenvalue weighted by Gasteiger charge is -2.05. The molecule has 0 aliphatic rings. The van der Waals surface area contributed by atoms with Crippen LogP contribution in [0, 0.1) is 0 Å². The van der Waals surface area contributed by atoms with Crippen LogP contribution in [0.1, 0.15) is 10.4 Å². The largest absolute Gasteiger partial charge is 0.322 e. The highest BCUT2D eigenvalue weighted by molar-refractivity contribution is 7.13. The first kappa shape index (κ1) is 12.6. The van der Waals surface area contributed by atoms with Crippen molar-refractivity contribution in [3.63, 3.8) is 0 Å². The van der Waals surface area contributed by atoms with Crippen molar-refractivity contribution in [3.05, 3.63) is 41.5 Å². The van der Waals surface area contributed by atoms with E-state index in [0.29, 0.717) is 21.8 Å². The van der Waals surface area contributed by atoms with E-state index < -0.39 is 0 Å². The molecule has 0 saturated carbocycles. The van der Waals surface area contributed by atoms with Gasteiger partial charge in [0.1, 0.15) is 22.4 Å². The van der Waals surface area contributed by atoms with E-state index >= 15 is 0 Å². The van der Waals surface area contributed by atoms with Gasteiger partial charge in [0.2, 0.25) is 0 Å². The van der Waals surface area contributed by atoms with Gasteiger partial charge in [-0.15, -0.1) is 16.4 Å². The highest BCUT2D eigenvalue weighted by atomic mass is 32.1. The van der Waals surface area contributed by atoms with Gasteiger partial charge in [0, 0.05) is 5.69 Å². The monoisotopic (exact) mass is 312 g/mol. The van der Waals surface area contributed by atoms with Crippen molar-refractivity contribution in [2.24, 2.45) is 0 Å². The Hall–Kier alpha value is -3.14. The molecule has 0 atom stereocenters. The molecule has 0 saturated heterocycles. The van der Waals surface area contributed by atoms with Crippen LogP contribution >= 0.6 is 11.3 Å². The summed E-state index contributed by atoms with van der Waals surface area (Å²) in [7, 11) is 0. The fourth-order valence-corrected chi connectivity index (χ4v) is 2.83. The van der Waals surface area contributed by atoms with Gasteiger partial charge in [-0.2, -0.15) is 20.1 Å². The van der Waals surface area contributed by atoms with Crippen molar-refractivity contribution in [3.8, 4) is 5.00 Å². The average molecular weight is 312 g/mol. The molecule has 22 heavy (non-hydrogen) atoms. The van der Waals surface area contributed by atoms with Crippen LogP contribution in [0.3, 0.4) is 0 Å². The van der Waals surface area contributed by atoms with Crippen LogP contribution in [0.2, 0.25) is 0 Å². The van der Waals surface area contributed by atoms with Crippen molar-refractivity contribution >= 4 is 34.0 Å². The van der Waals surface area contributed by atoms with Gasteiger partial charge < -0.3 is 5.32 Å². The van der Waals surface area contributed by atoms with E-state index in [2.05, 4.69) is 36.3 Å². The maximum absolute atomic E-state index is 12.4. The Morgan fingerprint density at radius 1 is 1.23 bits per heavy atom. The highest BCUT2D eigenvalue weighted by Crippen LogP contribution is 2.22. The van der Waals surface area contributed by atoms with Crippen LogP contribution in [-0.2, 0) is 0 Å². The average Bonchev–Trinajstić information content (AvgIpc) is 3.26. The zero-order chi connectivity index (χ0) is 14.9. The summed E-state index contributed by atoms with van der Waals surface area (Å²) in [5.41, 5.74) is 2.56. The molecule has 0 aliphatic heterocycles. The molecule has 3 aromatic heterocycles. The number of hydrogen-bond acceptors (Lipinski definition) is 7. The Morgan fingerprint density at radius 2 is 2.14 bits per heavy atom. The Kier molecular flexibility index (Phi) is 2.86. The molecule has 0 unspecified atom stereocenters. The SMILES string of the molecule is O=C(Nc1ccc2n[nH]nc2c1)c1ccsc1-n1cnnn1. The molecule has 10 heteroatoms. The number of fused-ring (bicyclic) bond motifs is 1. The molecule has 1 aromatic carbocycles. The fraction of sp³-hybridized carbons (Fsp3) is 0. The molecule has 0 fully saturated rings. The van der Waals surface area contributed by atoms with Crippen molar-refractivity contribution in [2.45, 2.75) is 0 Å². The summed E-state index contributed by atoms with van der Waals surface area (Å²) in [4.78, 5) is 12.4. The minimum Gasteiger partial charge on any atom is -0.322 e. The number of H-pyrrole nitrogens is 1. The Balaban J connectivity index is 1.64. The second-order valence-corrected chi connectivity index (χ2v) is 5.27. The Labute approximate surface area is 127 Å². The van der Waals surface area contributed by atoms with Crippen molar-refractivity contribution in [2.75, 3.05) is 5.32 Å². The number of anilines is 1. The van der Waals surface area contributed by atoms with Crippen LogP contribution in [0.15, 0.2) is 36.0 Å². The summed E-state index contributed by atoms with van der Waals surface area (Å²) < 4.78 is 1.46. The van der Waals surface area contributed by atoms with Crippen molar-refractivity contribution in [1.29, 1.82) is 0 Å². The summed E-state index contributed by atoms with van der Waals surface area (Å²) in [5, 5.41) is 26.8. The van der Waals surface area contributed by atoms with Gasteiger partial charge in [-0.3, -0.25) is 4.79 Å². The molecule has 0 bridgehead atoms. The van der Waals surface area contributed by atoms with Crippen molar-refractivity contribution < 1.29 is 4.79 Å². The lowest BCUT2D eigenvalue weighted by Crippen LogP contribution is -2.13. The second-order valence-electron chi connectivity index (χ2n) is 4.38. The van der Waals surface area contributed by atoms with E-state index in [4.69, 9.17) is 0 Å². The maximum Gasteiger partial charge on any atom is 0.258 e. The quantitative estimate of drug-likeness (QED) is 0.588. The first-order valence-corrected chi connectivity index (χ1v) is 7.12. The number of amides is 1. The summed E-state index contributed by atoms with van der Waals surface area (Å²) in [6.07, 6.45) is 1.45. The second kappa shape index (κ2) is 5.00. The van der Waals surface area contributed by atoms with E-state index in [1.54, 1.807) is 24.3 Å². The van der Waals surface area contributed by atoms with Gasteiger partial charge in [0.05, 0.1) is 5.56 Å². The molecule has 1 amide bonds. The van der Waals surface area contributed by atoms with Crippen LogP contribution in [0.4, 0.5) is 5.69 Å². The predicted octanol–water partition coefficient (Wildman–Crippen LogP) is 1.25. The minimum absolute atomic E-state index is 0.241. The topological polar surface area (TPSA) is 114 Å². The number of thiophene rings is 1. The molecule has 2 N–H and O–H groups in total. The molecule has 0 spiro atoms. The fourth-order valence-electron chi connectivity index (χ4n) is 2.02. The third-order valence-corrected chi connectivity index (χ3v) is 3.92. The standard InChI is InChI=1S/C12H8N8OS/c21-11(8-3-4-22-12(8)20-6-13-17-19-20)14-7-1-2-9-10(5-7)16-18-15-9/h1-6H,(H,14,21)(H,15,16,18). The zero-order valence-corrected chi connectivity index (χ0v) is 11.8. The van der Waals surface area contributed by atoms with Gasteiger partial charge in [-0.25, -0.2) is 0 Å². The number of aromatic amines is 1. The first-order valence-electron chi connectivity index (χ1n) is 6.24. The molecule has 4 rings (SSSR count). The normalized spacial score (nSPS) is 10.9. The van der Waals surface area contributed by atoms with Gasteiger partial charge in [-0.05, 0) is 40.1 Å². The van der Waals surface area contributed by atoms with Crippen LogP contribution in [0.5, 0.6) is 0 Å². The lowest BCUT2D eigenvalue weighted by atomic mass is 10.2. The molecule has 108 valence electrons. The Bertz CT molecular complexity index is 941. The molecule has 4 aromatic rings. The van der Waals surface area contributed by atoms with Crippen LogP contribution in [-0.4, -0.2) is 41.5 Å². The number of benzene rings is 1. The molecule has 0 radical (unpaired) electrons. The van der Waals surface area contributed by atoms with Gasteiger partial charge in [-0.1, -0.05) is 0 Å². The summed E-state index contributed by atoms with van der Waals surface area (Å²) in [6.45, 7) is 0. The Morgan fingerprint density at radius 3 is 3.00 bits per heavy atom. The summed E-state index contributed by atoms with van der Waals surface area (Å²) in [6, 6.07) is 7.03. The molecule has 3 heterocycles. The van der Waals surface area contributed by atoms with Gasteiger partial charge in [0.25, 0.3) is 5.91 Å². The van der Waals surface area contributed by atoms with E-state index in [9.17, 15) is 4.79 Å². The number of nitrogens with one attached hydrogen (secondary N) is 2. The third-order valence-electron chi connectivity index (χ3n) is 3.02. The number of carbonyl (C=O) groups is 1. The number of rotatable bonds is 3. The number of hydrogen-bond donors (Lipinski definition) is 2. The smallest absolute Gasteiger partial charge is 0.258 e. The zero-order valence-electron chi connectivity index (χ0n) is 11.0. The molecular formula is C12H8N8OS. The maximum atomic E-state index is 12.4. The van der Waals surface area contributed by atoms with E-state index in [-0.39, 0.29) is 5.91 Å². The van der Waals surface area contributed by atoms with Gasteiger partial charge in [0.15, 0.2) is 0 Å². The number of carbonyl (C=O) groups excluding carboxylic acids is 1. The third kappa shape index (κ3) is 2.11. The summed E-state index contributed by atoms with van der Waals surface area (Å²) >= 11 is 1.38. The lowest BCUT2D eigenvalue weighted by molar-refractivity contribution is 0.102. The van der Waals surface area contributed by atoms with E-state index in [0.717, 1.165) is 5.52 Å². The molecule has 0 aliphatic carbocycles. The van der Waals surface area contributed by atoms with E-state index in [1.807, 2.05) is 5.38 Å². The first-order chi connectivity index (χ1) is 10.8. The molecule has 9 nitrogen and oxygen atoms in total. The predicted molar refractivity (Wildman–Crippen MR) is 78.9 cm³/mol.